The van der Waals surface area contributed by atoms with Crippen LogP contribution < -0.4 is 0 Å². The first kappa shape index (κ1) is 41.6. The van der Waals surface area contributed by atoms with Gasteiger partial charge in [0.05, 0.1) is 22.6 Å². The summed E-state index contributed by atoms with van der Waals surface area (Å²) in [4.78, 5) is 49.6. The molecule has 0 atom stereocenters. The SMILES string of the molecule is O=C(CC(=O)C(F)(F)C(F)(F)C(F)(F)C(F)(F)C(=O)CC(=O)c1ccc2sc3ccc(S(=O)(=O)Cl)cc3c2c1)c1ccc2sc3ccc(S(=O)(=O)Cl)cc3c2c1. The van der Waals surface area contributed by atoms with Gasteiger partial charge in [-0.15, -0.1) is 22.7 Å². The zero-order valence-electron chi connectivity index (χ0n) is 27.0. The van der Waals surface area contributed by atoms with Crippen LogP contribution >= 0.6 is 44.0 Å². The fourth-order valence-corrected chi connectivity index (χ4v) is 9.31. The molecule has 6 aromatic rings. The van der Waals surface area contributed by atoms with Crippen molar-refractivity contribution in [3.63, 3.8) is 0 Å². The number of carbonyl (C=O) groups excluding carboxylic acids is 4. The summed E-state index contributed by atoms with van der Waals surface area (Å²) in [7, 11) is 2.26. The molecule has 0 aliphatic carbocycles. The third kappa shape index (κ3) is 6.97. The van der Waals surface area contributed by atoms with Crippen LogP contribution in [-0.4, -0.2) is 63.7 Å². The maximum atomic E-state index is 14.8. The number of halogens is 10. The lowest BCUT2D eigenvalue weighted by atomic mass is 9.89. The van der Waals surface area contributed by atoms with Gasteiger partial charge in [-0.25, -0.2) is 16.8 Å². The van der Waals surface area contributed by atoms with Crippen molar-refractivity contribution < 1.29 is 71.1 Å². The largest absolute Gasteiger partial charge is 0.386 e. The van der Waals surface area contributed by atoms with Crippen LogP contribution in [0.4, 0.5) is 35.1 Å². The lowest BCUT2D eigenvalue weighted by molar-refractivity contribution is -0.346. The first-order valence-electron chi connectivity index (χ1n) is 15.1. The van der Waals surface area contributed by atoms with Crippen LogP contribution in [-0.2, 0) is 27.7 Å². The molecule has 0 bridgehead atoms. The van der Waals surface area contributed by atoms with Gasteiger partial charge < -0.3 is 0 Å². The number of alkyl halides is 8. The van der Waals surface area contributed by atoms with Crippen LogP contribution in [0.2, 0.25) is 0 Å². The van der Waals surface area contributed by atoms with Crippen molar-refractivity contribution in [3.05, 3.63) is 83.9 Å². The van der Waals surface area contributed by atoms with Gasteiger partial charge in [0.15, 0.2) is 11.6 Å². The Morgan fingerprint density at radius 1 is 0.482 bits per heavy atom. The van der Waals surface area contributed by atoms with Gasteiger partial charge in [-0.1, -0.05) is 0 Å². The number of benzene rings is 4. The normalized spacial score (nSPS) is 13.5. The van der Waals surface area contributed by atoms with E-state index in [4.69, 9.17) is 21.4 Å². The van der Waals surface area contributed by atoms with Gasteiger partial charge in [0.2, 0.25) is 11.6 Å². The van der Waals surface area contributed by atoms with Gasteiger partial charge in [0.1, 0.15) is 0 Å². The molecule has 0 saturated heterocycles. The van der Waals surface area contributed by atoms with Crippen LogP contribution in [0.1, 0.15) is 33.6 Å². The molecule has 0 amide bonds. The molecule has 0 unspecified atom stereocenters. The first-order chi connectivity index (χ1) is 25.7. The minimum Gasteiger partial charge on any atom is -0.294 e. The fraction of sp³-hybridized carbons (Fsp3) is 0.176. The lowest BCUT2D eigenvalue weighted by Crippen LogP contribution is -2.66. The summed E-state index contributed by atoms with van der Waals surface area (Å²) in [6.45, 7) is 0. The quantitative estimate of drug-likeness (QED) is 0.0484. The second-order valence-corrected chi connectivity index (χ2v) is 19.5. The van der Waals surface area contributed by atoms with E-state index in [0.717, 1.165) is 59.1 Å². The Labute approximate surface area is 325 Å². The number of hydrogen-bond acceptors (Lipinski definition) is 10. The van der Waals surface area contributed by atoms with Gasteiger partial charge in [-0.05, 0) is 72.8 Å². The number of rotatable bonds is 13. The van der Waals surface area contributed by atoms with Gasteiger partial charge in [0.25, 0.3) is 18.1 Å². The van der Waals surface area contributed by atoms with Crippen molar-refractivity contribution in [1.82, 2.24) is 0 Å². The van der Waals surface area contributed by atoms with E-state index in [0.29, 0.717) is 18.8 Å². The maximum Gasteiger partial charge on any atom is 0.386 e. The van der Waals surface area contributed by atoms with Crippen LogP contribution in [0.3, 0.4) is 0 Å². The summed E-state index contributed by atoms with van der Waals surface area (Å²) in [5, 5.41) is 0.629. The standard InChI is InChI=1S/C34H16Cl2F8O8S4/c35-55(49,50)17-3-7-27-21(11-17)19-9-15(1-5-25(19)53-27)23(45)13-29(47)31(37,38)33(41,42)34(43,44)32(39,40)30(48)14-24(46)16-2-6-26-20(10-16)22-12-18(56(36,51)52)4-8-28(22)54-26/h1-12H,13-14H2. The molecule has 0 spiro atoms. The molecule has 4 aromatic carbocycles. The summed E-state index contributed by atoms with van der Waals surface area (Å²) in [5.41, 5.74) is -1.21. The van der Waals surface area contributed by atoms with E-state index in [1.807, 2.05) is 0 Å². The first-order valence-corrected chi connectivity index (χ1v) is 21.4. The number of Topliss-reactive ketones (excluding diaryl/α,β-unsaturated/α-hetero) is 4. The third-order valence-electron chi connectivity index (χ3n) is 8.61. The molecule has 8 nitrogen and oxygen atoms in total. The third-order valence-corrected chi connectivity index (χ3v) is 13.6. The van der Waals surface area contributed by atoms with Crippen LogP contribution in [0.25, 0.3) is 40.3 Å². The summed E-state index contributed by atoms with van der Waals surface area (Å²) in [5.74, 6) is -37.7. The Bertz CT molecular complexity index is 2730. The van der Waals surface area contributed by atoms with E-state index < -0.39 is 88.9 Å². The molecule has 0 saturated carbocycles. The molecule has 0 radical (unpaired) electrons. The molecule has 2 heterocycles. The number of thiophene rings is 2. The molecule has 22 heteroatoms. The molecule has 6 rings (SSSR count). The van der Waals surface area contributed by atoms with E-state index in [1.165, 1.54) is 36.4 Å². The molecule has 0 aliphatic heterocycles. The van der Waals surface area contributed by atoms with Crippen molar-refractivity contribution in [2.75, 3.05) is 0 Å². The van der Waals surface area contributed by atoms with Crippen molar-refractivity contribution in [2.24, 2.45) is 0 Å². The highest BCUT2D eigenvalue weighted by atomic mass is 35.7. The number of hydrogen-bond donors (Lipinski definition) is 0. The van der Waals surface area contributed by atoms with Gasteiger partial charge >= 0.3 is 23.7 Å². The Morgan fingerprint density at radius 2 is 0.768 bits per heavy atom. The van der Waals surface area contributed by atoms with Gasteiger partial charge in [0, 0.05) is 72.8 Å². The maximum absolute atomic E-state index is 14.8. The van der Waals surface area contributed by atoms with E-state index in [9.17, 15) is 71.1 Å². The summed E-state index contributed by atoms with van der Waals surface area (Å²) in [6.07, 6.45) is -4.41. The van der Waals surface area contributed by atoms with Crippen molar-refractivity contribution >= 4 is 126 Å². The summed E-state index contributed by atoms with van der Waals surface area (Å²) in [6, 6.07) is 13.6. The average Bonchev–Trinajstić information content (AvgIpc) is 3.67. The van der Waals surface area contributed by atoms with Crippen molar-refractivity contribution in [3.8, 4) is 0 Å². The summed E-state index contributed by atoms with van der Waals surface area (Å²) < 4.78 is 167. The zero-order chi connectivity index (χ0) is 41.6. The average molecular weight is 904 g/mol. The highest BCUT2D eigenvalue weighted by Gasteiger charge is 2.83. The molecule has 0 fully saturated rings. The minimum absolute atomic E-state index is 0.126. The van der Waals surface area contributed by atoms with Gasteiger partial charge in [-0.3, -0.25) is 19.2 Å². The van der Waals surface area contributed by atoms with Crippen molar-refractivity contribution in [1.29, 1.82) is 0 Å². The molecule has 0 N–H and O–H groups in total. The van der Waals surface area contributed by atoms with Gasteiger partial charge in [-0.2, -0.15) is 35.1 Å². The summed E-state index contributed by atoms with van der Waals surface area (Å²) >= 11 is 2.15. The van der Waals surface area contributed by atoms with Crippen molar-refractivity contribution in [2.45, 2.75) is 46.3 Å². The second-order valence-electron chi connectivity index (χ2n) is 12.2. The van der Waals surface area contributed by atoms with E-state index in [-0.39, 0.29) is 31.3 Å². The Balaban J connectivity index is 1.22. The van der Waals surface area contributed by atoms with E-state index >= 15 is 0 Å². The van der Waals surface area contributed by atoms with E-state index in [1.54, 1.807) is 0 Å². The molecule has 2 aromatic heterocycles. The predicted molar refractivity (Wildman–Crippen MR) is 192 cm³/mol. The lowest BCUT2D eigenvalue weighted by Gasteiger charge is -2.35. The molecule has 56 heavy (non-hydrogen) atoms. The molecule has 294 valence electrons. The molecule has 0 aliphatic rings. The van der Waals surface area contributed by atoms with Crippen LogP contribution in [0.15, 0.2) is 82.6 Å². The number of fused-ring (bicyclic) bond motifs is 6. The Kier molecular flexibility index (Phi) is 10.2. The zero-order valence-corrected chi connectivity index (χ0v) is 31.8. The second kappa shape index (κ2) is 13.8. The smallest absolute Gasteiger partial charge is 0.294 e. The number of carbonyl (C=O) groups is 4. The Morgan fingerprint density at radius 3 is 1.07 bits per heavy atom. The molecular weight excluding hydrogens is 888 g/mol. The Hall–Kier alpha value is -4.08. The fourth-order valence-electron chi connectivity index (χ4n) is 5.63. The highest BCUT2D eigenvalue weighted by molar-refractivity contribution is 8.14. The van der Waals surface area contributed by atoms with Crippen LogP contribution in [0, 0.1) is 0 Å². The topological polar surface area (TPSA) is 137 Å². The number of ketones is 4. The molecular formula is C34H16Cl2F8O8S4. The highest BCUT2D eigenvalue weighted by Crippen LogP contribution is 2.54. The van der Waals surface area contributed by atoms with E-state index in [2.05, 4.69) is 0 Å². The van der Waals surface area contributed by atoms with Crippen LogP contribution in [0.5, 0.6) is 0 Å². The predicted octanol–water partition coefficient (Wildman–Crippen LogP) is 9.80. The minimum atomic E-state index is -7.30. The monoisotopic (exact) mass is 902 g/mol.